The minimum atomic E-state index is -1.75. The molecule has 0 saturated heterocycles. The van der Waals surface area contributed by atoms with Gasteiger partial charge in [0.15, 0.2) is 0 Å². The summed E-state index contributed by atoms with van der Waals surface area (Å²) in [6.45, 7) is 2.00. The topological polar surface area (TPSA) is 83.3 Å². The smallest absolute Gasteiger partial charge is 0.356 e. The van der Waals surface area contributed by atoms with E-state index in [1.165, 1.54) is 0 Å². The molecule has 0 rings (SSSR count). The van der Waals surface area contributed by atoms with Gasteiger partial charge in [-0.05, 0) is 0 Å². The van der Waals surface area contributed by atoms with Crippen molar-refractivity contribution >= 4 is 6.79 Å². The summed E-state index contributed by atoms with van der Waals surface area (Å²) >= 11 is 0. The zero-order chi connectivity index (χ0) is 5.58. The molecule has 0 amide bonds. The van der Waals surface area contributed by atoms with Crippen LogP contribution in [0.1, 0.15) is 0 Å². The standard InChI is InChI=1S/CH2O.NO3.Na/c1-2;2-1(3)4;/h1H2;;/q;-1;+1. The quantitative estimate of drug-likeness (QED) is 0.187. The van der Waals surface area contributed by atoms with Crippen molar-refractivity contribution in [1.82, 2.24) is 0 Å². The van der Waals surface area contributed by atoms with Crippen LogP contribution in [0.5, 0.6) is 0 Å². The van der Waals surface area contributed by atoms with Crippen molar-refractivity contribution in [1.29, 1.82) is 0 Å². The number of carbonyl (C=O) groups excluding carboxylic acids is 1. The molecule has 0 atom stereocenters. The second-order valence-electron chi connectivity index (χ2n) is 0.224. The number of rotatable bonds is 0. The molecule has 0 aliphatic rings. The maximum absolute atomic E-state index is 8.25. The molecule has 0 spiro atoms. The summed E-state index contributed by atoms with van der Waals surface area (Å²) in [4.78, 5) is 16.2. The average molecular weight is 115 g/mol. The van der Waals surface area contributed by atoms with Crippen LogP contribution in [0, 0.1) is 15.3 Å². The van der Waals surface area contributed by atoms with Gasteiger partial charge < -0.3 is 20.1 Å². The molecular weight excluding hydrogens is 113 g/mol. The Kier molecular flexibility index (Phi) is 38.2. The van der Waals surface area contributed by atoms with E-state index in [1.807, 2.05) is 6.79 Å². The van der Waals surface area contributed by atoms with Crippen molar-refractivity contribution in [3.63, 3.8) is 0 Å². The zero-order valence-electron chi connectivity index (χ0n) is 3.79. The Balaban J connectivity index is -0.0000000480. The van der Waals surface area contributed by atoms with Crippen LogP contribution in [-0.2, 0) is 4.79 Å². The molecule has 5 nitrogen and oxygen atoms in total. The van der Waals surface area contributed by atoms with Crippen LogP contribution < -0.4 is 29.6 Å². The molecule has 6 heteroatoms. The van der Waals surface area contributed by atoms with E-state index in [0.717, 1.165) is 0 Å². The van der Waals surface area contributed by atoms with Crippen LogP contribution in [0.15, 0.2) is 0 Å². The van der Waals surface area contributed by atoms with Gasteiger partial charge in [-0.2, -0.15) is 0 Å². The van der Waals surface area contributed by atoms with Crippen LogP contribution >= 0.6 is 0 Å². The summed E-state index contributed by atoms with van der Waals surface area (Å²) in [5.41, 5.74) is 0. The third kappa shape index (κ3) is 5200. The molecule has 0 fully saturated rings. The SMILES string of the molecule is C=O.O=[N+]([O-])[O-].[Na+]. The summed E-state index contributed by atoms with van der Waals surface area (Å²) in [6.07, 6.45) is 0. The Morgan fingerprint density at radius 3 is 1.29 bits per heavy atom. The van der Waals surface area contributed by atoms with Gasteiger partial charge in [0.1, 0.15) is 6.79 Å². The molecule has 0 saturated carbocycles. The van der Waals surface area contributed by atoms with Crippen LogP contribution in [0.3, 0.4) is 0 Å². The number of nitrogens with zero attached hydrogens (tertiary/aromatic N) is 1. The molecule has 0 aromatic carbocycles. The molecule has 36 valence electrons. The maximum atomic E-state index is 8.25. The summed E-state index contributed by atoms with van der Waals surface area (Å²) in [7, 11) is 0. The van der Waals surface area contributed by atoms with Gasteiger partial charge in [-0.25, -0.2) is 0 Å². The average Bonchev–Trinajstić information content (AvgIpc) is 1.41. The first-order valence-electron chi connectivity index (χ1n) is 0.836. The molecular formula is CH2NNaO4. The second-order valence-corrected chi connectivity index (χ2v) is 0.224. The first-order chi connectivity index (χ1) is 2.73. The van der Waals surface area contributed by atoms with Crippen molar-refractivity contribution < 1.29 is 39.4 Å². The fourth-order valence-corrected chi connectivity index (χ4v) is 0. The van der Waals surface area contributed by atoms with E-state index < -0.39 is 5.09 Å². The van der Waals surface area contributed by atoms with Crippen LogP contribution in [0.4, 0.5) is 0 Å². The van der Waals surface area contributed by atoms with Crippen molar-refractivity contribution in [2.45, 2.75) is 0 Å². The van der Waals surface area contributed by atoms with E-state index in [9.17, 15) is 0 Å². The number of hydrogen-bond donors (Lipinski definition) is 0. The minimum absolute atomic E-state index is 0. The van der Waals surface area contributed by atoms with Gasteiger partial charge in [-0.1, -0.05) is 0 Å². The Labute approximate surface area is 61.7 Å². The molecule has 0 heterocycles. The fraction of sp³-hybridized carbons (Fsp3) is 0. The van der Waals surface area contributed by atoms with Gasteiger partial charge in [-0.3, -0.25) is 0 Å². The Morgan fingerprint density at radius 1 is 1.29 bits per heavy atom. The van der Waals surface area contributed by atoms with Crippen LogP contribution in [0.25, 0.3) is 0 Å². The molecule has 0 aliphatic carbocycles. The largest absolute Gasteiger partial charge is 1.00 e. The molecule has 0 aromatic heterocycles. The predicted molar refractivity (Wildman–Crippen MR) is 17.5 cm³/mol. The van der Waals surface area contributed by atoms with Crippen molar-refractivity contribution in [2.75, 3.05) is 0 Å². The molecule has 0 bridgehead atoms. The molecule has 0 N–H and O–H groups in total. The van der Waals surface area contributed by atoms with E-state index >= 15 is 0 Å². The molecule has 0 radical (unpaired) electrons. The first kappa shape index (κ1) is 15.8. The first-order valence-corrected chi connectivity index (χ1v) is 0.836. The van der Waals surface area contributed by atoms with Gasteiger partial charge in [0.25, 0.3) is 0 Å². The minimum Gasteiger partial charge on any atom is -0.356 e. The van der Waals surface area contributed by atoms with Crippen LogP contribution in [0.2, 0.25) is 0 Å². The van der Waals surface area contributed by atoms with E-state index in [1.54, 1.807) is 0 Å². The third-order valence-corrected chi connectivity index (χ3v) is 0. The second kappa shape index (κ2) is 16.9. The predicted octanol–water partition coefficient (Wildman–Crippen LogP) is -3.42. The van der Waals surface area contributed by atoms with E-state index in [0.29, 0.717) is 0 Å². The third-order valence-electron chi connectivity index (χ3n) is 0. The molecule has 7 heavy (non-hydrogen) atoms. The maximum Gasteiger partial charge on any atom is 1.00 e. The summed E-state index contributed by atoms with van der Waals surface area (Å²) in [5.74, 6) is 0. The van der Waals surface area contributed by atoms with Crippen molar-refractivity contribution in [3.05, 3.63) is 15.3 Å². The monoisotopic (exact) mass is 115 g/mol. The van der Waals surface area contributed by atoms with Gasteiger partial charge in [0, 0.05) is 0 Å². The zero-order valence-corrected chi connectivity index (χ0v) is 5.79. The Hall–Kier alpha value is -0.130. The number of carbonyl (C=O) groups is 1. The molecule has 0 aliphatic heterocycles. The van der Waals surface area contributed by atoms with Gasteiger partial charge in [0.2, 0.25) is 0 Å². The fourth-order valence-electron chi connectivity index (χ4n) is 0. The number of hydrogen-bond acceptors (Lipinski definition) is 4. The normalized spacial score (nSPS) is 4.00. The van der Waals surface area contributed by atoms with Gasteiger partial charge >= 0.3 is 29.6 Å². The van der Waals surface area contributed by atoms with Crippen molar-refractivity contribution in [2.24, 2.45) is 0 Å². The summed E-state index contributed by atoms with van der Waals surface area (Å²) in [6, 6.07) is 0. The van der Waals surface area contributed by atoms with E-state index in [2.05, 4.69) is 0 Å². The Bertz CT molecular complexity index is 43.0. The van der Waals surface area contributed by atoms with Crippen molar-refractivity contribution in [3.8, 4) is 0 Å². The molecule has 0 unspecified atom stereocenters. The molecule has 0 aromatic rings. The van der Waals surface area contributed by atoms with E-state index in [-0.39, 0.29) is 29.6 Å². The Morgan fingerprint density at radius 2 is 1.29 bits per heavy atom. The summed E-state index contributed by atoms with van der Waals surface area (Å²) < 4.78 is 0. The summed E-state index contributed by atoms with van der Waals surface area (Å²) in [5, 5.41) is 14.8. The van der Waals surface area contributed by atoms with Gasteiger partial charge in [0.05, 0.1) is 5.09 Å². The van der Waals surface area contributed by atoms with Gasteiger partial charge in [-0.15, -0.1) is 0 Å². The van der Waals surface area contributed by atoms with Crippen LogP contribution in [-0.4, -0.2) is 11.9 Å². The van der Waals surface area contributed by atoms with E-state index in [4.69, 9.17) is 20.1 Å².